The van der Waals surface area contributed by atoms with Gasteiger partial charge in [-0.2, -0.15) is 4.99 Å². The first kappa shape index (κ1) is 20.5. The maximum atomic E-state index is 12.2. The zero-order chi connectivity index (χ0) is 19.8. The third-order valence-corrected chi connectivity index (χ3v) is 6.13. The molecule has 1 aromatic carbocycles. The van der Waals surface area contributed by atoms with Gasteiger partial charge < -0.3 is 20.7 Å². The van der Waals surface area contributed by atoms with E-state index in [1.54, 1.807) is 19.2 Å². The number of nitrogens with zero attached hydrogens (tertiary/aromatic N) is 1. The number of ether oxygens (including phenoxy) is 1. The number of amidine groups is 1. The lowest BCUT2D eigenvalue weighted by Gasteiger charge is -2.17. The Bertz CT molecular complexity index is 717. The number of carbonyl (C=O) groups is 2. The number of para-hydroxylation sites is 2. The first-order valence-electron chi connectivity index (χ1n) is 9.89. The summed E-state index contributed by atoms with van der Waals surface area (Å²) in [5.41, 5.74) is 0.604. The van der Waals surface area contributed by atoms with Gasteiger partial charge in [0, 0.05) is 12.6 Å². The normalized spacial score (nSPS) is 20.2. The molecule has 1 aliphatic heterocycles. The fourth-order valence-electron chi connectivity index (χ4n) is 3.46. The predicted octanol–water partition coefficient (Wildman–Crippen LogP) is 3.52. The van der Waals surface area contributed by atoms with Crippen molar-refractivity contribution in [2.75, 3.05) is 19.0 Å². The van der Waals surface area contributed by atoms with Crippen molar-refractivity contribution in [3.8, 4) is 5.75 Å². The van der Waals surface area contributed by atoms with E-state index in [4.69, 9.17) is 4.74 Å². The van der Waals surface area contributed by atoms with Crippen molar-refractivity contribution in [2.45, 2.75) is 56.2 Å². The van der Waals surface area contributed by atoms with Gasteiger partial charge in [-0.1, -0.05) is 49.6 Å². The lowest BCUT2D eigenvalue weighted by molar-refractivity contribution is -0.117. The second-order valence-corrected chi connectivity index (χ2v) is 8.26. The molecule has 8 heteroatoms. The van der Waals surface area contributed by atoms with Crippen molar-refractivity contribution in [3.63, 3.8) is 0 Å². The molecule has 0 aromatic heterocycles. The average Bonchev–Trinajstić information content (AvgIpc) is 2.87. The highest BCUT2D eigenvalue weighted by Gasteiger charge is 2.29. The molecule has 28 heavy (non-hydrogen) atoms. The van der Waals surface area contributed by atoms with Crippen molar-refractivity contribution in [1.82, 2.24) is 10.6 Å². The zero-order valence-corrected chi connectivity index (χ0v) is 17.0. The van der Waals surface area contributed by atoms with Gasteiger partial charge in [-0.25, -0.2) is 4.79 Å². The van der Waals surface area contributed by atoms with Gasteiger partial charge in [-0.3, -0.25) is 4.79 Å². The Balaban J connectivity index is 1.39. The Labute approximate surface area is 170 Å². The van der Waals surface area contributed by atoms with Crippen molar-refractivity contribution in [3.05, 3.63) is 24.3 Å². The predicted molar refractivity (Wildman–Crippen MR) is 113 cm³/mol. The zero-order valence-electron chi connectivity index (χ0n) is 16.2. The molecule has 1 saturated carbocycles. The largest absolute Gasteiger partial charge is 0.495 e. The molecule has 152 valence electrons. The number of carbonyl (C=O) groups excluding carboxylic acids is 2. The van der Waals surface area contributed by atoms with Crippen LogP contribution in [-0.4, -0.2) is 42.1 Å². The molecular weight excluding hydrogens is 376 g/mol. The van der Waals surface area contributed by atoms with Gasteiger partial charge in [0.05, 0.1) is 18.0 Å². The molecule has 1 fully saturated rings. The van der Waals surface area contributed by atoms with E-state index >= 15 is 0 Å². The number of rotatable bonds is 6. The summed E-state index contributed by atoms with van der Waals surface area (Å²) in [4.78, 5) is 28.4. The monoisotopic (exact) mass is 404 g/mol. The number of benzene rings is 1. The Hall–Kier alpha value is -2.22. The molecule has 0 bridgehead atoms. The van der Waals surface area contributed by atoms with E-state index in [2.05, 4.69) is 20.9 Å². The van der Waals surface area contributed by atoms with Crippen molar-refractivity contribution in [2.24, 2.45) is 4.99 Å². The van der Waals surface area contributed by atoms with Crippen LogP contribution in [0.1, 0.15) is 44.9 Å². The van der Waals surface area contributed by atoms with E-state index in [9.17, 15) is 9.59 Å². The fourth-order valence-corrected chi connectivity index (χ4v) is 4.50. The van der Waals surface area contributed by atoms with Crippen LogP contribution in [-0.2, 0) is 4.79 Å². The first-order chi connectivity index (χ1) is 13.7. The van der Waals surface area contributed by atoms with Gasteiger partial charge >= 0.3 is 6.03 Å². The SMILES string of the molecule is COc1ccccc1NC(=O)NCCC1SC(NC2CCCCCC2)=NC1=O. The minimum Gasteiger partial charge on any atom is -0.495 e. The van der Waals surface area contributed by atoms with Crippen LogP contribution in [0.3, 0.4) is 0 Å². The van der Waals surface area contributed by atoms with Gasteiger partial charge in [-0.05, 0) is 31.4 Å². The number of nitrogens with one attached hydrogen (secondary N) is 3. The number of amides is 3. The summed E-state index contributed by atoms with van der Waals surface area (Å²) in [6.07, 6.45) is 7.88. The molecule has 7 nitrogen and oxygen atoms in total. The van der Waals surface area contributed by atoms with Crippen molar-refractivity contribution < 1.29 is 14.3 Å². The Morgan fingerprint density at radius 1 is 1.21 bits per heavy atom. The molecule has 3 amide bonds. The van der Waals surface area contributed by atoms with Crippen LogP contribution in [0.25, 0.3) is 0 Å². The van der Waals surface area contributed by atoms with Crippen molar-refractivity contribution >= 4 is 34.6 Å². The Kier molecular flexibility index (Phi) is 7.59. The van der Waals surface area contributed by atoms with Crippen molar-refractivity contribution in [1.29, 1.82) is 0 Å². The number of methoxy groups -OCH3 is 1. The molecule has 0 saturated heterocycles. The van der Waals surface area contributed by atoms with E-state index in [-0.39, 0.29) is 17.2 Å². The minimum absolute atomic E-state index is 0.118. The quantitative estimate of drug-likeness (QED) is 0.631. The molecule has 1 aromatic rings. The molecule has 1 unspecified atom stereocenters. The molecule has 1 aliphatic carbocycles. The first-order valence-corrected chi connectivity index (χ1v) is 10.8. The summed E-state index contributed by atoms with van der Waals surface area (Å²) in [6, 6.07) is 7.32. The van der Waals surface area contributed by atoms with Gasteiger partial charge in [0.15, 0.2) is 5.17 Å². The van der Waals surface area contributed by atoms with Crippen LogP contribution < -0.4 is 20.7 Å². The third kappa shape index (κ3) is 5.89. The highest BCUT2D eigenvalue weighted by molar-refractivity contribution is 8.15. The van der Waals surface area contributed by atoms with Gasteiger partial charge in [0.1, 0.15) is 5.75 Å². The summed E-state index contributed by atoms with van der Waals surface area (Å²) in [6.45, 7) is 0.399. The van der Waals surface area contributed by atoms with Crippen LogP contribution >= 0.6 is 11.8 Å². The van der Waals surface area contributed by atoms with Crippen LogP contribution in [0.15, 0.2) is 29.3 Å². The summed E-state index contributed by atoms with van der Waals surface area (Å²) >= 11 is 1.48. The summed E-state index contributed by atoms with van der Waals surface area (Å²) in [5, 5.41) is 9.49. The lowest BCUT2D eigenvalue weighted by Crippen LogP contribution is -2.33. The molecule has 1 heterocycles. The van der Waals surface area contributed by atoms with Crippen LogP contribution in [0.5, 0.6) is 5.75 Å². The smallest absolute Gasteiger partial charge is 0.319 e. The molecule has 2 aliphatic rings. The Morgan fingerprint density at radius 2 is 1.96 bits per heavy atom. The van der Waals surface area contributed by atoms with Crippen LogP contribution in [0.4, 0.5) is 10.5 Å². The number of urea groups is 1. The Morgan fingerprint density at radius 3 is 2.71 bits per heavy atom. The molecular formula is C20H28N4O3S. The highest BCUT2D eigenvalue weighted by atomic mass is 32.2. The second-order valence-electron chi connectivity index (χ2n) is 7.06. The number of thioether (sulfide) groups is 1. The number of anilines is 1. The van der Waals surface area contributed by atoms with E-state index in [0.717, 1.165) is 18.0 Å². The van der Waals surface area contributed by atoms with Gasteiger partial charge in [0.2, 0.25) is 0 Å². The maximum absolute atomic E-state index is 12.2. The summed E-state index contributed by atoms with van der Waals surface area (Å²) in [5.74, 6) is 0.481. The number of aliphatic imine (C=N–C) groups is 1. The summed E-state index contributed by atoms with van der Waals surface area (Å²) in [7, 11) is 1.56. The molecule has 3 N–H and O–H groups in total. The van der Waals surface area contributed by atoms with Crippen LogP contribution in [0.2, 0.25) is 0 Å². The fraction of sp³-hybridized carbons (Fsp3) is 0.550. The third-order valence-electron chi connectivity index (χ3n) is 4.97. The van der Waals surface area contributed by atoms with E-state index in [1.165, 1.54) is 37.4 Å². The highest BCUT2D eigenvalue weighted by Crippen LogP contribution is 2.26. The molecule has 3 rings (SSSR count). The molecule has 0 spiro atoms. The van der Waals surface area contributed by atoms with Gasteiger partial charge in [0.25, 0.3) is 5.91 Å². The van der Waals surface area contributed by atoms with E-state index < -0.39 is 0 Å². The second kappa shape index (κ2) is 10.4. The van der Waals surface area contributed by atoms with E-state index in [0.29, 0.717) is 30.4 Å². The molecule has 1 atom stereocenters. The van der Waals surface area contributed by atoms with Crippen LogP contribution in [0, 0.1) is 0 Å². The average molecular weight is 405 g/mol. The standard InChI is InChI=1S/C20H28N4O3S/c1-27-16-11-7-6-10-15(16)23-19(26)21-13-12-17-18(25)24-20(28-17)22-14-8-4-2-3-5-9-14/h6-7,10-11,14,17H,2-5,8-9,12-13H2,1H3,(H2,21,23,26)(H,22,24,25). The number of hydrogen-bond acceptors (Lipinski definition) is 5. The number of hydrogen-bond donors (Lipinski definition) is 3. The van der Waals surface area contributed by atoms with Gasteiger partial charge in [-0.15, -0.1) is 0 Å². The minimum atomic E-state index is -0.322. The molecule has 0 radical (unpaired) electrons. The topological polar surface area (TPSA) is 91.8 Å². The van der Waals surface area contributed by atoms with E-state index in [1.807, 2.05) is 12.1 Å². The summed E-state index contributed by atoms with van der Waals surface area (Å²) < 4.78 is 5.22. The lowest BCUT2D eigenvalue weighted by atomic mass is 10.1. The maximum Gasteiger partial charge on any atom is 0.319 e.